The predicted molar refractivity (Wildman–Crippen MR) is 72.1 cm³/mol. The summed E-state index contributed by atoms with van der Waals surface area (Å²) in [5.74, 6) is 2.72. The number of hydrogen-bond donors (Lipinski definition) is 0. The summed E-state index contributed by atoms with van der Waals surface area (Å²) in [4.78, 5) is 2.63. The van der Waals surface area contributed by atoms with E-state index in [0.29, 0.717) is 10.8 Å². The van der Waals surface area contributed by atoms with Crippen LogP contribution in [0.15, 0.2) is 11.8 Å². The Labute approximate surface area is 110 Å². The Morgan fingerprint density at radius 1 is 1.22 bits per heavy atom. The van der Waals surface area contributed by atoms with Crippen molar-refractivity contribution in [1.82, 2.24) is 4.90 Å². The van der Waals surface area contributed by atoms with Crippen LogP contribution >= 0.6 is 0 Å². The summed E-state index contributed by atoms with van der Waals surface area (Å²) >= 11 is 0. The fourth-order valence-electron chi connectivity index (χ4n) is 6.32. The number of hydrogen-bond acceptors (Lipinski definition) is 2. The van der Waals surface area contributed by atoms with Gasteiger partial charge < -0.3 is 9.64 Å². The van der Waals surface area contributed by atoms with Crippen molar-refractivity contribution < 1.29 is 4.74 Å². The van der Waals surface area contributed by atoms with Crippen LogP contribution in [0, 0.1) is 28.6 Å². The van der Waals surface area contributed by atoms with Crippen LogP contribution in [0.3, 0.4) is 0 Å². The molecule has 5 unspecified atom stereocenters. The van der Waals surface area contributed by atoms with Crippen molar-refractivity contribution in [2.24, 2.45) is 28.6 Å². The molecule has 0 aromatic heterocycles. The van der Waals surface area contributed by atoms with Gasteiger partial charge in [-0.25, -0.2) is 0 Å². The van der Waals surface area contributed by atoms with Crippen LogP contribution in [0.2, 0.25) is 0 Å². The largest absolute Gasteiger partial charge is 0.378 e. The lowest BCUT2D eigenvalue weighted by Crippen LogP contribution is -2.67. The first-order valence-corrected chi connectivity index (χ1v) is 7.65. The van der Waals surface area contributed by atoms with Crippen LogP contribution in [-0.2, 0) is 4.74 Å². The summed E-state index contributed by atoms with van der Waals surface area (Å²) in [5.41, 5.74) is 2.78. The van der Waals surface area contributed by atoms with E-state index in [4.69, 9.17) is 4.74 Å². The van der Waals surface area contributed by atoms with Gasteiger partial charge in [0.2, 0.25) is 0 Å². The molecule has 1 saturated heterocycles. The maximum absolute atomic E-state index is 5.51. The highest BCUT2D eigenvalue weighted by molar-refractivity contribution is 5.39. The van der Waals surface area contributed by atoms with E-state index >= 15 is 0 Å². The van der Waals surface area contributed by atoms with E-state index in [1.165, 1.54) is 12.8 Å². The highest BCUT2D eigenvalue weighted by Crippen LogP contribution is 2.80. The van der Waals surface area contributed by atoms with Gasteiger partial charge in [-0.15, -0.1) is 0 Å². The Kier molecular flexibility index (Phi) is 2.10. The molecule has 3 aliphatic carbocycles. The van der Waals surface area contributed by atoms with Gasteiger partial charge in [0.05, 0.1) is 13.2 Å². The zero-order chi connectivity index (χ0) is 12.5. The summed E-state index contributed by atoms with van der Waals surface area (Å²) in [6.07, 6.45) is 5.47. The standard InChI is InChI=1S/C16H25NO/c1-11-8-13-9-14(17-4-6-18-7-5-17)15(3)10-12(2)16(11,13)15/h9,11-13H,4-8,10H2,1-3H3. The molecule has 100 valence electrons. The third-order valence-corrected chi connectivity index (χ3v) is 6.80. The number of allylic oxidation sites excluding steroid dienone is 2. The molecule has 3 fully saturated rings. The molecular weight excluding hydrogens is 222 g/mol. The Bertz CT molecular complexity index is 405. The van der Waals surface area contributed by atoms with Crippen LogP contribution in [-0.4, -0.2) is 31.2 Å². The summed E-state index contributed by atoms with van der Waals surface area (Å²) in [7, 11) is 0. The molecule has 1 aliphatic heterocycles. The SMILES string of the molecule is CC1CC2C=C(N3CCOCC3)C3(C)CC(C)C123. The maximum Gasteiger partial charge on any atom is 0.0642 e. The average molecular weight is 247 g/mol. The summed E-state index contributed by atoms with van der Waals surface area (Å²) in [5, 5.41) is 0. The van der Waals surface area contributed by atoms with Crippen LogP contribution < -0.4 is 0 Å². The molecule has 1 spiro atoms. The van der Waals surface area contributed by atoms with Crippen molar-refractivity contribution in [2.45, 2.75) is 33.6 Å². The van der Waals surface area contributed by atoms with Gasteiger partial charge in [-0.05, 0) is 36.0 Å². The van der Waals surface area contributed by atoms with Gasteiger partial charge in [-0.1, -0.05) is 26.8 Å². The normalized spacial score (nSPS) is 54.1. The lowest BCUT2D eigenvalue weighted by Gasteiger charge is -2.71. The van der Waals surface area contributed by atoms with Gasteiger partial charge in [-0.3, -0.25) is 0 Å². The Morgan fingerprint density at radius 3 is 2.50 bits per heavy atom. The molecule has 4 rings (SSSR count). The first-order chi connectivity index (χ1) is 8.60. The Morgan fingerprint density at radius 2 is 1.94 bits per heavy atom. The molecule has 2 heteroatoms. The van der Waals surface area contributed by atoms with Crippen molar-refractivity contribution in [3.63, 3.8) is 0 Å². The second kappa shape index (κ2) is 3.33. The minimum Gasteiger partial charge on any atom is -0.378 e. The molecule has 0 radical (unpaired) electrons. The molecule has 0 N–H and O–H groups in total. The van der Waals surface area contributed by atoms with Crippen LogP contribution in [0.4, 0.5) is 0 Å². The van der Waals surface area contributed by atoms with Gasteiger partial charge in [0.1, 0.15) is 0 Å². The molecule has 0 aromatic rings. The molecule has 2 saturated carbocycles. The molecule has 0 amide bonds. The van der Waals surface area contributed by atoms with Crippen molar-refractivity contribution in [2.75, 3.05) is 26.3 Å². The Hall–Kier alpha value is -0.500. The predicted octanol–water partition coefficient (Wildman–Crippen LogP) is 2.90. The third-order valence-electron chi connectivity index (χ3n) is 6.80. The van der Waals surface area contributed by atoms with Crippen molar-refractivity contribution >= 4 is 0 Å². The molecule has 4 aliphatic rings. The minimum atomic E-state index is 0.478. The summed E-state index contributed by atoms with van der Waals surface area (Å²) < 4.78 is 5.51. The number of morpholine rings is 1. The Balaban J connectivity index is 1.68. The van der Waals surface area contributed by atoms with E-state index in [-0.39, 0.29) is 0 Å². The van der Waals surface area contributed by atoms with E-state index in [9.17, 15) is 0 Å². The van der Waals surface area contributed by atoms with Gasteiger partial charge in [0.25, 0.3) is 0 Å². The van der Waals surface area contributed by atoms with E-state index in [0.717, 1.165) is 44.1 Å². The van der Waals surface area contributed by atoms with Gasteiger partial charge in [-0.2, -0.15) is 0 Å². The molecule has 5 atom stereocenters. The number of rotatable bonds is 1. The van der Waals surface area contributed by atoms with E-state index < -0.39 is 0 Å². The van der Waals surface area contributed by atoms with E-state index in [2.05, 4.69) is 31.7 Å². The fourth-order valence-corrected chi connectivity index (χ4v) is 6.32. The average Bonchev–Trinajstić information content (AvgIpc) is 2.49. The third kappa shape index (κ3) is 0.986. The first kappa shape index (κ1) is 11.3. The van der Waals surface area contributed by atoms with E-state index in [1.54, 1.807) is 5.70 Å². The number of nitrogens with zero attached hydrogens (tertiary/aromatic N) is 1. The zero-order valence-corrected chi connectivity index (χ0v) is 11.9. The molecule has 2 nitrogen and oxygen atoms in total. The fraction of sp³-hybridized carbons (Fsp3) is 0.875. The second-order valence-corrected chi connectivity index (χ2v) is 7.26. The highest BCUT2D eigenvalue weighted by Gasteiger charge is 2.75. The van der Waals surface area contributed by atoms with Gasteiger partial charge in [0, 0.05) is 24.2 Å². The topological polar surface area (TPSA) is 12.5 Å². The maximum atomic E-state index is 5.51. The first-order valence-electron chi connectivity index (χ1n) is 7.65. The summed E-state index contributed by atoms with van der Waals surface area (Å²) in [6, 6.07) is 0. The van der Waals surface area contributed by atoms with Gasteiger partial charge >= 0.3 is 0 Å². The molecular formula is C16H25NO. The molecule has 0 aromatic carbocycles. The zero-order valence-electron chi connectivity index (χ0n) is 11.9. The van der Waals surface area contributed by atoms with Crippen molar-refractivity contribution in [1.29, 1.82) is 0 Å². The van der Waals surface area contributed by atoms with E-state index in [1.807, 2.05) is 0 Å². The monoisotopic (exact) mass is 247 g/mol. The molecule has 1 heterocycles. The molecule has 0 bridgehead atoms. The number of ether oxygens (including phenoxy) is 1. The highest BCUT2D eigenvalue weighted by atomic mass is 16.5. The van der Waals surface area contributed by atoms with Crippen molar-refractivity contribution in [3.05, 3.63) is 11.8 Å². The smallest absolute Gasteiger partial charge is 0.0642 e. The van der Waals surface area contributed by atoms with Crippen LogP contribution in [0.1, 0.15) is 33.6 Å². The van der Waals surface area contributed by atoms with Crippen LogP contribution in [0.5, 0.6) is 0 Å². The minimum absolute atomic E-state index is 0.478. The van der Waals surface area contributed by atoms with Crippen molar-refractivity contribution in [3.8, 4) is 0 Å². The lowest BCUT2D eigenvalue weighted by atomic mass is 9.33. The summed E-state index contributed by atoms with van der Waals surface area (Å²) in [6.45, 7) is 11.6. The lowest BCUT2D eigenvalue weighted by molar-refractivity contribution is -0.222. The quantitative estimate of drug-likeness (QED) is 0.706. The van der Waals surface area contributed by atoms with Gasteiger partial charge in [0.15, 0.2) is 0 Å². The van der Waals surface area contributed by atoms with Crippen LogP contribution in [0.25, 0.3) is 0 Å². The second-order valence-electron chi connectivity index (χ2n) is 7.26. The molecule has 18 heavy (non-hydrogen) atoms.